The number of hydrogen-bond acceptors (Lipinski definition) is 3. The molecule has 6 heteroatoms. The molecular formula is C18H26FN3S2. The minimum atomic E-state index is -0.242. The lowest BCUT2D eigenvalue weighted by Crippen LogP contribution is -2.54. The second kappa shape index (κ2) is 8.50. The molecule has 0 saturated carbocycles. The summed E-state index contributed by atoms with van der Waals surface area (Å²) in [6.45, 7) is 5.55. The van der Waals surface area contributed by atoms with E-state index in [1.54, 1.807) is 6.07 Å². The third kappa shape index (κ3) is 4.41. The van der Waals surface area contributed by atoms with Crippen LogP contribution in [0.4, 0.5) is 10.1 Å². The number of anilines is 1. The lowest BCUT2D eigenvalue weighted by Gasteiger charge is -2.45. The van der Waals surface area contributed by atoms with E-state index in [-0.39, 0.29) is 5.82 Å². The van der Waals surface area contributed by atoms with Gasteiger partial charge in [-0.05, 0) is 61.4 Å². The molecule has 1 aromatic rings. The fourth-order valence-electron chi connectivity index (χ4n) is 3.47. The molecule has 2 aliphatic rings. The standard InChI is InChI=1S/C18H26FN3S2/c1-2-14-7-10-21(11-8-14)18-22(9-4-12-24-18)17(23)20-16-6-3-5-15(19)13-16/h3,5-6,13-14,18H,2,4,7-12H2,1H3,(H,20,23). The minimum Gasteiger partial charge on any atom is -0.332 e. The van der Waals surface area contributed by atoms with Crippen LogP contribution in [0.3, 0.4) is 0 Å². The highest BCUT2D eigenvalue weighted by Crippen LogP contribution is 2.31. The summed E-state index contributed by atoms with van der Waals surface area (Å²) in [7, 11) is 0. The molecule has 2 aliphatic heterocycles. The van der Waals surface area contributed by atoms with E-state index in [1.807, 2.05) is 17.8 Å². The van der Waals surface area contributed by atoms with Gasteiger partial charge >= 0.3 is 0 Å². The number of piperidine rings is 1. The maximum Gasteiger partial charge on any atom is 0.175 e. The van der Waals surface area contributed by atoms with Crippen LogP contribution in [0.5, 0.6) is 0 Å². The number of rotatable bonds is 3. The summed E-state index contributed by atoms with van der Waals surface area (Å²) in [5.74, 6) is 1.81. The molecule has 0 amide bonds. The molecule has 0 radical (unpaired) electrons. The Kier molecular flexibility index (Phi) is 6.36. The number of hydrogen-bond donors (Lipinski definition) is 1. The molecule has 1 unspecified atom stereocenters. The predicted molar refractivity (Wildman–Crippen MR) is 105 cm³/mol. The van der Waals surface area contributed by atoms with Crippen LogP contribution in [0, 0.1) is 11.7 Å². The molecule has 24 heavy (non-hydrogen) atoms. The van der Waals surface area contributed by atoms with Crippen molar-refractivity contribution in [3.63, 3.8) is 0 Å². The zero-order chi connectivity index (χ0) is 16.9. The van der Waals surface area contributed by atoms with Crippen molar-refractivity contribution in [2.24, 2.45) is 5.92 Å². The van der Waals surface area contributed by atoms with E-state index >= 15 is 0 Å². The van der Waals surface area contributed by atoms with Crippen molar-refractivity contribution >= 4 is 34.8 Å². The van der Waals surface area contributed by atoms with E-state index in [0.717, 1.165) is 37.7 Å². The Bertz CT molecular complexity index is 561. The number of benzene rings is 1. The van der Waals surface area contributed by atoms with Crippen LogP contribution in [0.1, 0.15) is 32.6 Å². The van der Waals surface area contributed by atoms with Gasteiger partial charge < -0.3 is 10.2 Å². The highest BCUT2D eigenvalue weighted by molar-refractivity contribution is 7.99. The van der Waals surface area contributed by atoms with Crippen LogP contribution >= 0.6 is 24.0 Å². The smallest absolute Gasteiger partial charge is 0.175 e. The minimum absolute atomic E-state index is 0.242. The van der Waals surface area contributed by atoms with E-state index in [0.29, 0.717) is 10.6 Å². The Balaban J connectivity index is 1.64. The molecule has 1 N–H and O–H groups in total. The van der Waals surface area contributed by atoms with Gasteiger partial charge in [0.25, 0.3) is 0 Å². The van der Waals surface area contributed by atoms with Gasteiger partial charge in [-0.25, -0.2) is 4.39 Å². The monoisotopic (exact) mass is 367 g/mol. The molecule has 0 aromatic heterocycles. The van der Waals surface area contributed by atoms with E-state index < -0.39 is 0 Å². The van der Waals surface area contributed by atoms with Crippen molar-refractivity contribution in [1.82, 2.24) is 9.80 Å². The van der Waals surface area contributed by atoms with Crippen LogP contribution in [0.25, 0.3) is 0 Å². The number of nitrogens with zero attached hydrogens (tertiary/aromatic N) is 2. The van der Waals surface area contributed by atoms with Crippen molar-refractivity contribution in [1.29, 1.82) is 0 Å². The summed E-state index contributed by atoms with van der Waals surface area (Å²) in [4.78, 5) is 4.84. The second-order valence-corrected chi connectivity index (χ2v) is 8.12. The van der Waals surface area contributed by atoms with Crippen LogP contribution in [-0.4, -0.2) is 45.8 Å². The molecule has 0 aliphatic carbocycles. The van der Waals surface area contributed by atoms with Crippen molar-refractivity contribution in [3.05, 3.63) is 30.1 Å². The molecule has 2 fully saturated rings. The Morgan fingerprint density at radius 1 is 1.33 bits per heavy atom. The lowest BCUT2D eigenvalue weighted by molar-refractivity contribution is 0.107. The summed E-state index contributed by atoms with van der Waals surface area (Å²) in [6.07, 6.45) is 4.99. The first-order chi connectivity index (χ1) is 11.7. The number of thiocarbonyl (C=S) groups is 1. The van der Waals surface area contributed by atoms with Crippen LogP contribution in [0.2, 0.25) is 0 Å². The highest BCUT2D eigenvalue weighted by atomic mass is 32.2. The molecule has 0 spiro atoms. The summed E-state index contributed by atoms with van der Waals surface area (Å²) >= 11 is 7.62. The van der Waals surface area contributed by atoms with Gasteiger partial charge in [0.2, 0.25) is 0 Å². The quantitative estimate of drug-likeness (QED) is 0.798. The van der Waals surface area contributed by atoms with Crippen molar-refractivity contribution in [2.75, 3.05) is 30.7 Å². The summed E-state index contributed by atoms with van der Waals surface area (Å²) in [6, 6.07) is 6.50. The molecule has 2 saturated heterocycles. The maximum atomic E-state index is 13.4. The Morgan fingerprint density at radius 3 is 2.83 bits per heavy atom. The molecule has 0 bridgehead atoms. The summed E-state index contributed by atoms with van der Waals surface area (Å²) in [5.41, 5.74) is 1.03. The van der Waals surface area contributed by atoms with Gasteiger partial charge in [0, 0.05) is 25.3 Å². The Morgan fingerprint density at radius 2 is 2.12 bits per heavy atom. The molecular weight excluding hydrogens is 341 g/mol. The molecule has 3 nitrogen and oxygen atoms in total. The average Bonchev–Trinajstić information content (AvgIpc) is 2.62. The van der Waals surface area contributed by atoms with Crippen molar-refractivity contribution in [2.45, 2.75) is 38.1 Å². The summed E-state index contributed by atoms with van der Waals surface area (Å²) in [5, 5.41) is 3.92. The molecule has 1 aromatic carbocycles. The van der Waals surface area contributed by atoms with Gasteiger partial charge in [-0.1, -0.05) is 19.4 Å². The van der Waals surface area contributed by atoms with Gasteiger partial charge in [-0.2, -0.15) is 0 Å². The third-order valence-electron chi connectivity index (χ3n) is 4.95. The van der Waals surface area contributed by atoms with Crippen LogP contribution < -0.4 is 5.32 Å². The predicted octanol–water partition coefficient (Wildman–Crippen LogP) is 4.37. The number of nitrogens with one attached hydrogen (secondary N) is 1. The van der Waals surface area contributed by atoms with Gasteiger partial charge in [-0.15, -0.1) is 11.8 Å². The maximum absolute atomic E-state index is 13.4. The number of thioether (sulfide) groups is 1. The zero-order valence-corrected chi connectivity index (χ0v) is 15.8. The van der Waals surface area contributed by atoms with Gasteiger partial charge in [-0.3, -0.25) is 4.90 Å². The SMILES string of the molecule is CCC1CCN(C2SCCCN2C(=S)Nc2cccc(F)c2)CC1. The first kappa shape index (κ1) is 18.0. The van der Waals surface area contributed by atoms with Gasteiger partial charge in [0.1, 0.15) is 11.3 Å². The molecule has 2 heterocycles. The van der Waals surface area contributed by atoms with E-state index in [4.69, 9.17) is 12.2 Å². The first-order valence-corrected chi connectivity index (χ1v) is 10.3. The van der Waals surface area contributed by atoms with E-state index in [9.17, 15) is 4.39 Å². The fraction of sp³-hybridized carbons (Fsp3) is 0.611. The van der Waals surface area contributed by atoms with Crippen molar-refractivity contribution in [3.8, 4) is 0 Å². The summed E-state index contributed by atoms with van der Waals surface area (Å²) < 4.78 is 13.4. The van der Waals surface area contributed by atoms with Crippen LogP contribution in [-0.2, 0) is 0 Å². The normalized spacial score (nSPS) is 23.2. The lowest BCUT2D eigenvalue weighted by atomic mass is 9.95. The largest absolute Gasteiger partial charge is 0.332 e. The molecule has 132 valence electrons. The van der Waals surface area contributed by atoms with Gasteiger partial charge in [0.15, 0.2) is 5.11 Å². The van der Waals surface area contributed by atoms with E-state index in [2.05, 4.69) is 22.0 Å². The van der Waals surface area contributed by atoms with Gasteiger partial charge in [0.05, 0.1) is 0 Å². The van der Waals surface area contributed by atoms with Crippen LogP contribution in [0.15, 0.2) is 24.3 Å². The Labute approximate surface area is 154 Å². The van der Waals surface area contributed by atoms with Crippen molar-refractivity contribution < 1.29 is 4.39 Å². The highest BCUT2D eigenvalue weighted by Gasteiger charge is 2.32. The molecule has 3 rings (SSSR count). The third-order valence-corrected chi connectivity index (χ3v) is 6.66. The average molecular weight is 368 g/mol. The fourth-order valence-corrected chi connectivity index (χ4v) is 5.17. The zero-order valence-electron chi connectivity index (χ0n) is 14.2. The number of halogens is 1. The Hall–Kier alpha value is -0.850. The second-order valence-electron chi connectivity index (χ2n) is 6.57. The number of likely N-dealkylation sites (tertiary alicyclic amines) is 1. The molecule has 1 atom stereocenters. The first-order valence-electron chi connectivity index (χ1n) is 8.86. The topological polar surface area (TPSA) is 18.5 Å². The van der Waals surface area contributed by atoms with E-state index in [1.165, 1.54) is 37.1 Å².